The Balaban J connectivity index is 2.58. The molecule has 1 unspecified atom stereocenters. The van der Waals surface area contributed by atoms with Gasteiger partial charge in [-0.3, -0.25) is 4.79 Å². The summed E-state index contributed by atoms with van der Waals surface area (Å²) in [5, 5.41) is 8.75. The van der Waals surface area contributed by atoms with Crippen molar-refractivity contribution >= 4 is 5.91 Å². The molecule has 1 aromatic rings. The van der Waals surface area contributed by atoms with Crippen LogP contribution in [-0.2, 0) is 11.0 Å². The Kier molecular flexibility index (Phi) is 6.23. The quantitative estimate of drug-likeness (QED) is 0.811. The minimum atomic E-state index is -4.40. The number of nitrogens with zero attached hydrogens (tertiary/aromatic N) is 2. The van der Waals surface area contributed by atoms with Gasteiger partial charge < -0.3 is 9.64 Å². The van der Waals surface area contributed by atoms with Crippen LogP contribution in [0.4, 0.5) is 13.2 Å². The molecule has 0 aliphatic carbocycles. The largest absolute Gasteiger partial charge is 0.484 e. The normalized spacial score (nSPS) is 12.4. The topological polar surface area (TPSA) is 53.3 Å². The Labute approximate surface area is 127 Å². The first-order valence-electron chi connectivity index (χ1n) is 6.75. The van der Waals surface area contributed by atoms with E-state index in [2.05, 4.69) is 0 Å². The molecule has 0 radical (unpaired) electrons. The number of likely N-dealkylation sites (N-methyl/N-ethyl adjacent to an activating group) is 1. The fraction of sp³-hybridized carbons (Fsp3) is 0.467. The molecule has 0 bridgehead atoms. The summed E-state index contributed by atoms with van der Waals surface area (Å²) < 4.78 is 42.4. The first kappa shape index (κ1) is 17.8. The SMILES string of the molecule is CCN(CC(C)C#N)C(=O)COc1ccc(C(F)(F)F)cc1. The van der Waals surface area contributed by atoms with Gasteiger partial charge >= 0.3 is 6.18 Å². The van der Waals surface area contributed by atoms with Crippen LogP contribution in [0.15, 0.2) is 24.3 Å². The van der Waals surface area contributed by atoms with Crippen molar-refractivity contribution in [3.8, 4) is 11.8 Å². The Hall–Kier alpha value is -2.23. The monoisotopic (exact) mass is 314 g/mol. The zero-order valence-electron chi connectivity index (χ0n) is 12.4. The van der Waals surface area contributed by atoms with Crippen molar-refractivity contribution in [2.75, 3.05) is 19.7 Å². The average molecular weight is 314 g/mol. The maximum absolute atomic E-state index is 12.4. The van der Waals surface area contributed by atoms with E-state index in [1.807, 2.05) is 6.07 Å². The number of halogens is 3. The van der Waals surface area contributed by atoms with Crippen LogP contribution in [0.5, 0.6) is 5.75 Å². The number of amides is 1. The molecule has 0 aromatic heterocycles. The fourth-order valence-electron chi connectivity index (χ4n) is 1.76. The highest BCUT2D eigenvalue weighted by molar-refractivity contribution is 5.77. The highest BCUT2D eigenvalue weighted by Crippen LogP contribution is 2.30. The van der Waals surface area contributed by atoms with Gasteiger partial charge in [0.2, 0.25) is 0 Å². The average Bonchev–Trinajstić information content (AvgIpc) is 2.49. The summed E-state index contributed by atoms with van der Waals surface area (Å²) in [5.74, 6) is -0.426. The lowest BCUT2D eigenvalue weighted by Gasteiger charge is -2.22. The fourth-order valence-corrected chi connectivity index (χ4v) is 1.76. The summed E-state index contributed by atoms with van der Waals surface area (Å²) in [6, 6.07) is 6.18. The molecule has 0 spiro atoms. The van der Waals surface area contributed by atoms with Gasteiger partial charge in [-0.05, 0) is 38.1 Å². The van der Waals surface area contributed by atoms with Crippen molar-refractivity contribution < 1.29 is 22.7 Å². The standard InChI is InChI=1S/C15H17F3N2O2/c1-3-20(9-11(2)8-19)14(21)10-22-13-6-4-12(5-7-13)15(16,17)18/h4-7,11H,3,9-10H2,1-2H3. The van der Waals surface area contributed by atoms with Gasteiger partial charge in [-0.25, -0.2) is 0 Å². The number of hydrogen-bond donors (Lipinski definition) is 0. The molecule has 1 aromatic carbocycles. The second kappa shape index (κ2) is 7.69. The van der Waals surface area contributed by atoms with Gasteiger partial charge in [-0.2, -0.15) is 18.4 Å². The molecular formula is C15H17F3N2O2. The Morgan fingerprint density at radius 3 is 2.41 bits per heavy atom. The molecule has 1 rings (SSSR count). The summed E-state index contributed by atoms with van der Waals surface area (Å²) in [4.78, 5) is 13.4. The molecule has 1 amide bonds. The summed E-state index contributed by atoms with van der Waals surface area (Å²) >= 11 is 0. The van der Waals surface area contributed by atoms with Gasteiger partial charge in [0.05, 0.1) is 17.6 Å². The van der Waals surface area contributed by atoms with Gasteiger partial charge in [0.25, 0.3) is 5.91 Å². The second-order valence-corrected chi connectivity index (χ2v) is 4.77. The van der Waals surface area contributed by atoms with Gasteiger partial charge in [0.1, 0.15) is 5.75 Å². The third kappa shape index (κ3) is 5.28. The lowest BCUT2D eigenvalue weighted by molar-refractivity contribution is -0.137. The highest BCUT2D eigenvalue weighted by atomic mass is 19.4. The molecular weight excluding hydrogens is 297 g/mol. The van der Waals surface area contributed by atoms with Crippen LogP contribution in [0.3, 0.4) is 0 Å². The van der Waals surface area contributed by atoms with E-state index in [0.717, 1.165) is 12.1 Å². The zero-order chi connectivity index (χ0) is 16.8. The molecule has 22 heavy (non-hydrogen) atoms. The number of rotatable bonds is 6. The smallest absolute Gasteiger partial charge is 0.416 e. The van der Waals surface area contributed by atoms with E-state index in [-0.39, 0.29) is 24.2 Å². The number of nitriles is 1. The van der Waals surface area contributed by atoms with E-state index in [0.29, 0.717) is 13.1 Å². The third-order valence-corrected chi connectivity index (χ3v) is 2.99. The molecule has 4 nitrogen and oxygen atoms in total. The summed E-state index contributed by atoms with van der Waals surface area (Å²) in [5.41, 5.74) is -0.774. The van der Waals surface area contributed by atoms with Crippen LogP contribution in [0, 0.1) is 17.2 Å². The number of hydrogen-bond acceptors (Lipinski definition) is 3. The van der Waals surface area contributed by atoms with Gasteiger partial charge in [-0.15, -0.1) is 0 Å². The Morgan fingerprint density at radius 2 is 1.95 bits per heavy atom. The maximum Gasteiger partial charge on any atom is 0.416 e. The number of benzene rings is 1. The van der Waals surface area contributed by atoms with Crippen molar-refractivity contribution in [1.29, 1.82) is 5.26 Å². The van der Waals surface area contributed by atoms with Crippen LogP contribution in [0.25, 0.3) is 0 Å². The van der Waals surface area contributed by atoms with E-state index in [1.54, 1.807) is 13.8 Å². The minimum absolute atomic E-state index is 0.186. The molecule has 0 saturated carbocycles. The lowest BCUT2D eigenvalue weighted by atomic mass is 10.2. The number of alkyl halides is 3. The van der Waals surface area contributed by atoms with Gasteiger partial charge in [0.15, 0.2) is 6.61 Å². The van der Waals surface area contributed by atoms with Crippen LogP contribution >= 0.6 is 0 Å². The molecule has 7 heteroatoms. The minimum Gasteiger partial charge on any atom is -0.484 e. The summed E-state index contributed by atoms with van der Waals surface area (Å²) in [6.07, 6.45) is -4.40. The predicted molar refractivity (Wildman–Crippen MR) is 74.0 cm³/mol. The first-order valence-corrected chi connectivity index (χ1v) is 6.75. The molecule has 0 aliphatic heterocycles. The Morgan fingerprint density at radius 1 is 1.36 bits per heavy atom. The maximum atomic E-state index is 12.4. The molecule has 1 atom stereocenters. The second-order valence-electron chi connectivity index (χ2n) is 4.77. The van der Waals surface area contributed by atoms with Gasteiger partial charge in [-0.1, -0.05) is 0 Å². The van der Waals surface area contributed by atoms with E-state index in [9.17, 15) is 18.0 Å². The number of carbonyl (C=O) groups excluding carboxylic acids is 1. The van der Waals surface area contributed by atoms with Gasteiger partial charge in [0, 0.05) is 13.1 Å². The Bertz CT molecular complexity index is 535. The molecule has 0 N–H and O–H groups in total. The van der Waals surface area contributed by atoms with Crippen molar-refractivity contribution in [2.24, 2.45) is 5.92 Å². The molecule has 0 aliphatic rings. The summed E-state index contributed by atoms with van der Waals surface area (Å²) in [6.45, 7) is 3.92. The number of ether oxygens (including phenoxy) is 1. The van der Waals surface area contributed by atoms with E-state index >= 15 is 0 Å². The molecule has 120 valence electrons. The lowest BCUT2D eigenvalue weighted by Crippen LogP contribution is -2.37. The first-order chi connectivity index (χ1) is 10.3. The van der Waals surface area contributed by atoms with Crippen LogP contribution in [0.1, 0.15) is 19.4 Å². The van der Waals surface area contributed by atoms with E-state index in [1.165, 1.54) is 17.0 Å². The van der Waals surface area contributed by atoms with Crippen molar-refractivity contribution in [3.05, 3.63) is 29.8 Å². The highest BCUT2D eigenvalue weighted by Gasteiger charge is 2.30. The van der Waals surface area contributed by atoms with E-state index in [4.69, 9.17) is 10.00 Å². The van der Waals surface area contributed by atoms with Crippen LogP contribution in [0.2, 0.25) is 0 Å². The van der Waals surface area contributed by atoms with Crippen LogP contribution in [-0.4, -0.2) is 30.5 Å². The van der Waals surface area contributed by atoms with Crippen LogP contribution < -0.4 is 4.74 Å². The van der Waals surface area contributed by atoms with Crippen molar-refractivity contribution in [1.82, 2.24) is 4.90 Å². The van der Waals surface area contributed by atoms with E-state index < -0.39 is 11.7 Å². The molecule has 0 heterocycles. The molecule has 0 fully saturated rings. The van der Waals surface area contributed by atoms with Crippen molar-refractivity contribution in [3.63, 3.8) is 0 Å². The van der Waals surface area contributed by atoms with Crippen molar-refractivity contribution in [2.45, 2.75) is 20.0 Å². The molecule has 0 saturated heterocycles. The number of carbonyl (C=O) groups is 1. The predicted octanol–water partition coefficient (Wildman–Crippen LogP) is 3.09. The zero-order valence-corrected chi connectivity index (χ0v) is 12.4. The summed E-state index contributed by atoms with van der Waals surface area (Å²) in [7, 11) is 0. The third-order valence-electron chi connectivity index (χ3n) is 2.99.